The molecule has 0 spiro atoms. The van der Waals surface area contributed by atoms with Gasteiger partial charge in [0, 0.05) is 13.7 Å². The van der Waals surface area contributed by atoms with Gasteiger partial charge in [0.25, 0.3) is 0 Å². The Morgan fingerprint density at radius 2 is 2.09 bits per heavy atom. The predicted octanol–water partition coefficient (Wildman–Crippen LogP) is 1.79. The Balaban J connectivity index is 1.93. The van der Waals surface area contributed by atoms with Crippen molar-refractivity contribution in [2.45, 2.75) is 37.2 Å². The minimum Gasteiger partial charge on any atom is -0.478 e. The fourth-order valence-corrected chi connectivity index (χ4v) is 3.76. The number of hydrogen-bond acceptors (Lipinski definition) is 4. The molecule has 7 heteroatoms. The number of rotatable bonds is 7. The number of aromatic carboxylic acids is 1. The van der Waals surface area contributed by atoms with Crippen molar-refractivity contribution < 1.29 is 23.1 Å². The zero-order valence-corrected chi connectivity index (χ0v) is 13.5. The molecule has 0 saturated heterocycles. The van der Waals surface area contributed by atoms with Crippen LogP contribution in [0.4, 0.5) is 0 Å². The molecule has 0 unspecified atom stereocenters. The van der Waals surface area contributed by atoms with Crippen molar-refractivity contribution in [3.8, 4) is 0 Å². The Labute approximate surface area is 130 Å². The standard InChI is InChI=1S/C15H21NO5S/c1-10-7-13(3-4-14(10)15(17)18)22(19,20)16-6-5-11-8-12(9-11)21-2/h3-4,7,11-12,16H,5-6,8-9H2,1-2H3,(H,17,18). The summed E-state index contributed by atoms with van der Waals surface area (Å²) in [6.45, 7) is 1.96. The average molecular weight is 327 g/mol. The quantitative estimate of drug-likeness (QED) is 0.796. The van der Waals surface area contributed by atoms with Crippen molar-refractivity contribution >= 4 is 16.0 Å². The van der Waals surface area contributed by atoms with E-state index in [1.807, 2.05) is 0 Å². The smallest absolute Gasteiger partial charge is 0.335 e. The molecule has 2 N–H and O–H groups in total. The van der Waals surface area contributed by atoms with Crippen LogP contribution in [-0.2, 0) is 14.8 Å². The number of carboxylic acid groups (broad SMARTS) is 1. The fourth-order valence-electron chi connectivity index (χ4n) is 2.63. The zero-order chi connectivity index (χ0) is 16.3. The van der Waals surface area contributed by atoms with Crippen molar-refractivity contribution in [1.29, 1.82) is 0 Å². The van der Waals surface area contributed by atoms with Gasteiger partial charge in [-0.05, 0) is 55.9 Å². The van der Waals surface area contributed by atoms with Gasteiger partial charge in [-0.15, -0.1) is 0 Å². The zero-order valence-electron chi connectivity index (χ0n) is 12.7. The number of ether oxygens (including phenoxy) is 1. The summed E-state index contributed by atoms with van der Waals surface area (Å²) in [5.41, 5.74) is 0.538. The van der Waals surface area contributed by atoms with E-state index in [2.05, 4.69) is 4.72 Å². The lowest BCUT2D eigenvalue weighted by molar-refractivity contribution is -0.000911. The molecule has 1 aliphatic rings. The first-order chi connectivity index (χ1) is 10.3. The van der Waals surface area contributed by atoms with E-state index >= 15 is 0 Å². The summed E-state index contributed by atoms with van der Waals surface area (Å²) >= 11 is 0. The van der Waals surface area contributed by atoms with E-state index in [4.69, 9.17) is 9.84 Å². The van der Waals surface area contributed by atoms with Crippen LogP contribution in [0.2, 0.25) is 0 Å². The van der Waals surface area contributed by atoms with E-state index in [9.17, 15) is 13.2 Å². The van der Waals surface area contributed by atoms with Gasteiger partial charge in [0.2, 0.25) is 10.0 Å². The third-order valence-electron chi connectivity index (χ3n) is 4.11. The van der Waals surface area contributed by atoms with E-state index in [0.717, 1.165) is 19.3 Å². The van der Waals surface area contributed by atoms with Crippen LogP contribution in [0.5, 0.6) is 0 Å². The number of aryl methyl sites for hydroxylation is 1. The highest BCUT2D eigenvalue weighted by molar-refractivity contribution is 7.89. The van der Waals surface area contributed by atoms with Gasteiger partial charge in [-0.2, -0.15) is 0 Å². The maximum atomic E-state index is 12.2. The van der Waals surface area contributed by atoms with Crippen LogP contribution in [-0.4, -0.2) is 39.3 Å². The highest BCUT2D eigenvalue weighted by atomic mass is 32.2. The molecule has 122 valence electrons. The van der Waals surface area contributed by atoms with Gasteiger partial charge in [-0.1, -0.05) is 0 Å². The van der Waals surface area contributed by atoms with Gasteiger partial charge in [-0.25, -0.2) is 17.9 Å². The Hall–Kier alpha value is -1.44. The molecule has 1 fully saturated rings. The van der Waals surface area contributed by atoms with Gasteiger partial charge >= 0.3 is 5.97 Å². The fraction of sp³-hybridized carbons (Fsp3) is 0.533. The maximum absolute atomic E-state index is 12.2. The van der Waals surface area contributed by atoms with Gasteiger partial charge in [0.05, 0.1) is 16.6 Å². The molecule has 1 aromatic carbocycles. The molecule has 0 aromatic heterocycles. The van der Waals surface area contributed by atoms with E-state index in [1.165, 1.54) is 18.2 Å². The highest BCUT2D eigenvalue weighted by Crippen LogP contribution is 2.31. The highest BCUT2D eigenvalue weighted by Gasteiger charge is 2.28. The second kappa shape index (κ2) is 6.76. The molecule has 0 heterocycles. The lowest BCUT2D eigenvalue weighted by Gasteiger charge is -2.34. The van der Waals surface area contributed by atoms with Gasteiger partial charge in [0.15, 0.2) is 0 Å². The number of sulfonamides is 1. The summed E-state index contributed by atoms with van der Waals surface area (Å²) in [7, 11) is -1.91. The first-order valence-corrected chi connectivity index (χ1v) is 8.68. The van der Waals surface area contributed by atoms with E-state index in [-0.39, 0.29) is 10.5 Å². The Bertz CT molecular complexity index is 650. The van der Waals surface area contributed by atoms with Crippen molar-refractivity contribution in [1.82, 2.24) is 4.72 Å². The summed E-state index contributed by atoms with van der Waals surface area (Å²) in [6.07, 6.45) is 3.05. The van der Waals surface area contributed by atoms with Gasteiger partial charge < -0.3 is 9.84 Å². The van der Waals surface area contributed by atoms with E-state index in [1.54, 1.807) is 14.0 Å². The molecule has 6 nitrogen and oxygen atoms in total. The first kappa shape index (κ1) is 16.9. The average Bonchev–Trinajstić information content (AvgIpc) is 2.40. The summed E-state index contributed by atoms with van der Waals surface area (Å²) in [5, 5.41) is 8.96. The number of carbonyl (C=O) groups is 1. The Morgan fingerprint density at radius 3 is 2.64 bits per heavy atom. The van der Waals surface area contributed by atoms with Crippen molar-refractivity contribution in [2.75, 3.05) is 13.7 Å². The monoisotopic (exact) mass is 327 g/mol. The van der Waals surface area contributed by atoms with E-state index < -0.39 is 16.0 Å². The lowest BCUT2D eigenvalue weighted by Crippen LogP contribution is -2.34. The molecule has 1 aliphatic carbocycles. The largest absolute Gasteiger partial charge is 0.478 e. The number of methoxy groups -OCH3 is 1. The van der Waals surface area contributed by atoms with Crippen LogP contribution in [0.3, 0.4) is 0 Å². The molecule has 1 saturated carbocycles. The van der Waals surface area contributed by atoms with Crippen LogP contribution in [0.1, 0.15) is 35.2 Å². The predicted molar refractivity (Wildman–Crippen MR) is 81.5 cm³/mol. The van der Waals surface area contributed by atoms with Gasteiger partial charge in [-0.3, -0.25) is 0 Å². The molecule has 0 amide bonds. The number of hydrogen-bond donors (Lipinski definition) is 2. The molecule has 0 bridgehead atoms. The summed E-state index contributed by atoms with van der Waals surface area (Å²) in [5.74, 6) is -0.559. The molecular weight excluding hydrogens is 306 g/mol. The molecular formula is C15H21NO5S. The minimum atomic E-state index is -3.60. The first-order valence-electron chi connectivity index (χ1n) is 7.20. The van der Waals surface area contributed by atoms with Gasteiger partial charge in [0.1, 0.15) is 0 Å². The molecule has 22 heavy (non-hydrogen) atoms. The molecule has 2 rings (SSSR count). The normalized spacial score (nSPS) is 21.4. The Morgan fingerprint density at radius 1 is 1.41 bits per heavy atom. The van der Waals surface area contributed by atoms with Crippen LogP contribution in [0.25, 0.3) is 0 Å². The summed E-state index contributed by atoms with van der Waals surface area (Å²) < 4.78 is 32.1. The topological polar surface area (TPSA) is 92.7 Å². The number of carboxylic acids is 1. The van der Waals surface area contributed by atoms with Crippen LogP contribution < -0.4 is 4.72 Å². The van der Waals surface area contributed by atoms with E-state index in [0.29, 0.717) is 24.1 Å². The van der Waals surface area contributed by atoms with Crippen LogP contribution in [0, 0.1) is 12.8 Å². The maximum Gasteiger partial charge on any atom is 0.335 e. The molecule has 0 radical (unpaired) electrons. The summed E-state index contributed by atoms with van der Waals surface area (Å²) in [4.78, 5) is 11.0. The summed E-state index contributed by atoms with van der Waals surface area (Å²) in [6, 6.07) is 4.03. The van der Waals surface area contributed by atoms with Crippen molar-refractivity contribution in [2.24, 2.45) is 5.92 Å². The SMILES string of the molecule is COC1CC(CCNS(=O)(=O)c2ccc(C(=O)O)c(C)c2)C1. The van der Waals surface area contributed by atoms with Crippen LogP contribution in [0.15, 0.2) is 23.1 Å². The second-order valence-electron chi connectivity index (χ2n) is 5.66. The molecule has 1 aromatic rings. The number of benzene rings is 1. The molecule has 0 aliphatic heterocycles. The second-order valence-corrected chi connectivity index (χ2v) is 7.43. The third-order valence-corrected chi connectivity index (χ3v) is 5.57. The molecule has 0 atom stereocenters. The van der Waals surface area contributed by atoms with Crippen molar-refractivity contribution in [3.63, 3.8) is 0 Å². The lowest BCUT2D eigenvalue weighted by atomic mass is 9.80. The van der Waals surface area contributed by atoms with Crippen LogP contribution >= 0.6 is 0 Å². The number of nitrogens with one attached hydrogen (secondary N) is 1. The minimum absolute atomic E-state index is 0.0957. The van der Waals surface area contributed by atoms with Crippen molar-refractivity contribution in [3.05, 3.63) is 29.3 Å². The Kier molecular flexibility index (Phi) is 5.20. The third kappa shape index (κ3) is 3.85.